The van der Waals surface area contributed by atoms with Gasteiger partial charge < -0.3 is 10.4 Å². The fraction of sp³-hybridized carbons (Fsp3) is 0.700. The Bertz CT molecular complexity index is 309. The van der Waals surface area contributed by atoms with E-state index in [0.29, 0.717) is 17.2 Å². The second-order valence-electron chi connectivity index (χ2n) is 4.24. The molecule has 0 aliphatic carbocycles. The van der Waals surface area contributed by atoms with Crippen molar-refractivity contribution >= 4 is 0 Å². The molecule has 0 atom stereocenters. The number of imidazole rings is 1. The maximum Gasteiger partial charge on any atom is 0.302 e. The SMILES string of the molecule is Cc1c(C(C)C)n(O)c(C(C)C)[n+]1[O-]. The van der Waals surface area contributed by atoms with Crippen molar-refractivity contribution in [2.24, 2.45) is 0 Å². The second kappa shape index (κ2) is 3.52. The van der Waals surface area contributed by atoms with Crippen LogP contribution in [0.2, 0.25) is 0 Å². The van der Waals surface area contributed by atoms with Crippen LogP contribution in [0.15, 0.2) is 0 Å². The summed E-state index contributed by atoms with van der Waals surface area (Å²) in [6, 6.07) is 0. The molecule has 0 aliphatic heterocycles. The Morgan fingerprint density at radius 1 is 1.21 bits per heavy atom. The predicted molar refractivity (Wildman–Crippen MR) is 53.5 cm³/mol. The molecule has 0 aliphatic rings. The number of nitrogens with zero attached hydrogens (tertiary/aromatic N) is 2. The molecule has 1 aromatic rings. The summed E-state index contributed by atoms with van der Waals surface area (Å²) in [6.45, 7) is 9.43. The smallest absolute Gasteiger partial charge is 0.302 e. The van der Waals surface area contributed by atoms with E-state index >= 15 is 0 Å². The molecule has 4 heteroatoms. The van der Waals surface area contributed by atoms with Crippen molar-refractivity contribution in [2.45, 2.75) is 46.5 Å². The first-order chi connectivity index (χ1) is 6.37. The van der Waals surface area contributed by atoms with Crippen LogP contribution in [0.1, 0.15) is 56.7 Å². The summed E-state index contributed by atoms with van der Waals surface area (Å²) < 4.78 is 1.86. The third-order valence-electron chi connectivity index (χ3n) is 2.39. The third kappa shape index (κ3) is 1.45. The van der Waals surface area contributed by atoms with Crippen molar-refractivity contribution in [2.75, 3.05) is 0 Å². The zero-order valence-corrected chi connectivity index (χ0v) is 9.40. The van der Waals surface area contributed by atoms with Crippen LogP contribution in [-0.4, -0.2) is 9.94 Å². The minimum atomic E-state index is 0.0173. The van der Waals surface area contributed by atoms with Crippen molar-refractivity contribution in [1.82, 2.24) is 4.73 Å². The Morgan fingerprint density at radius 3 is 1.93 bits per heavy atom. The number of rotatable bonds is 2. The van der Waals surface area contributed by atoms with Gasteiger partial charge in [-0.2, -0.15) is 0 Å². The van der Waals surface area contributed by atoms with Gasteiger partial charge in [0, 0.05) is 12.8 Å². The predicted octanol–water partition coefficient (Wildman–Crippen LogP) is 1.91. The van der Waals surface area contributed by atoms with E-state index in [0.717, 1.165) is 9.46 Å². The highest BCUT2D eigenvalue weighted by Crippen LogP contribution is 2.21. The zero-order valence-electron chi connectivity index (χ0n) is 9.40. The topological polar surface area (TPSA) is 52.1 Å². The van der Waals surface area contributed by atoms with Gasteiger partial charge in [-0.15, -0.1) is 0 Å². The molecule has 0 fully saturated rings. The summed E-state index contributed by atoms with van der Waals surface area (Å²) in [6.07, 6.45) is 0. The normalized spacial score (nSPS) is 11.6. The van der Waals surface area contributed by atoms with E-state index in [1.54, 1.807) is 6.92 Å². The van der Waals surface area contributed by atoms with Crippen LogP contribution in [-0.2, 0) is 0 Å². The summed E-state index contributed by atoms with van der Waals surface area (Å²) in [7, 11) is 0. The van der Waals surface area contributed by atoms with Crippen molar-refractivity contribution in [3.05, 3.63) is 22.4 Å². The molecule has 1 aromatic heterocycles. The third-order valence-corrected chi connectivity index (χ3v) is 2.39. The van der Waals surface area contributed by atoms with Crippen molar-refractivity contribution < 1.29 is 9.94 Å². The van der Waals surface area contributed by atoms with Gasteiger partial charge in [-0.1, -0.05) is 27.7 Å². The van der Waals surface area contributed by atoms with Crippen LogP contribution in [0.5, 0.6) is 0 Å². The molecule has 1 heterocycles. The second-order valence-corrected chi connectivity index (χ2v) is 4.24. The Balaban J connectivity index is 3.41. The van der Waals surface area contributed by atoms with E-state index in [1.807, 2.05) is 27.7 Å². The maximum atomic E-state index is 11.7. The minimum absolute atomic E-state index is 0.0173. The zero-order chi connectivity index (χ0) is 11.0. The average Bonchev–Trinajstić information content (AvgIpc) is 2.23. The highest BCUT2D eigenvalue weighted by Gasteiger charge is 2.28. The number of hydrogen-bond acceptors (Lipinski definition) is 2. The Hall–Kier alpha value is -1.19. The summed E-state index contributed by atoms with van der Waals surface area (Å²) in [5, 5.41) is 21.5. The lowest BCUT2D eigenvalue weighted by Gasteiger charge is -2.05. The molecule has 0 saturated carbocycles. The molecule has 0 bridgehead atoms. The molecule has 0 saturated heterocycles. The summed E-state index contributed by atoms with van der Waals surface area (Å²) in [5.41, 5.74) is 1.29. The monoisotopic (exact) mass is 198 g/mol. The fourth-order valence-corrected chi connectivity index (χ4v) is 1.78. The van der Waals surface area contributed by atoms with Crippen LogP contribution in [0.4, 0.5) is 0 Å². The largest absolute Gasteiger partial charge is 0.710 e. The van der Waals surface area contributed by atoms with Gasteiger partial charge in [0.15, 0.2) is 11.4 Å². The van der Waals surface area contributed by atoms with Crippen molar-refractivity contribution in [1.29, 1.82) is 0 Å². The lowest BCUT2D eigenvalue weighted by molar-refractivity contribution is -0.623. The molecule has 1 N–H and O–H groups in total. The van der Waals surface area contributed by atoms with E-state index < -0.39 is 0 Å². The molecule has 14 heavy (non-hydrogen) atoms. The van der Waals surface area contributed by atoms with Crippen LogP contribution >= 0.6 is 0 Å². The molecule has 0 unspecified atom stereocenters. The Labute approximate surface area is 84.3 Å². The van der Waals surface area contributed by atoms with E-state index in [9.17, 15) is 10.4 Å². The molecule has 4 nitrogen and oxygen atoms in total. The van der Waals surface area contributed by atoms with Gasteiger partial charge in [-0.25, -0.2) is 4.73 Å². The first kappa shape index (κ1) is 10.9. The van der Waals surface area contributed by atoms with Gasteiger partial charge in [0.25, 0.3) is 0 Å². The molecule has 0 aromatic carbocycles. The highest BCUT2D eigenvalue weighted by atomic mass is 16.5. The molecule has 80 valence electrons. The van der Waals surface area contributed by atoms with E-state index in [4.69, 9.17) is 0 Å². The molecule has 0 amide bonds. The first-order valence-electron chi connectivity index (χ1n) is 4.91. The molecule has 0 spiro atoms. The van der Waals surface area contributed by atoms with Gasteiger partial charge in [0.05, 0.1) is 5.92 Å². The van der Waals surface area contributed by atoms with Gasteiger partial charge >= 0.3 is 5.82 Å². The summed E-state index contributed by atoms with van der Waals surface area (Å²) in [4.78, 5) is 0. The lowest BCUT2D eigenvalue weighted by atomic mass is 10.1. The fourth-order valence-electron chi connectivity index (χ4n) is 1.78. The standard InChI is InChI=1S/C10H18N2O2/c1-6(2)9-8(5)11(13)10(7(3)4)12(9)14/h6-7,14H,1-5H3. The maximum absolute atomic E-state index is 11.7. The van der Waals surface area contributed by atoms with Crippen LogP contribution in [0.3, 0.4) is 0 Å². The Morgan fingerprint density at radius 2 is 1.71 bits per heavy atom. The van der Waals surface area contributed by atoms with Crippen molar-refractivity contribution in [3.8, 4) is 0 Å². The molecular formula is C10H18N2O2. The van der Waals surface area contributed by atoms with Gasteiger partial charge in [0.1, 0.15) is 0 Å². The summed E-state index contributed by atoms with van der Waals surface area (Å²) >= 11 is 0. The highest BCUT2D eigenvalue weighted by molar-refractivity contribution is 5.13. The van der Waals surface area contributed by atoms with Crippen molar-refractivity contribution in [3.63, 3.8) is 0 Å². The Kier molecular flexibility index (Phi) is 2.73. The van der Waals surface area contributed by atoms with Crippen LogP contribution in [0.25, 0.3) is 0 Å². The van der Waals surface area contributed by atoms with Gasteiger partial charge in [0.2, 0.25) is 0 Å². The van der Waals surface area contributed by atoms with Crippen LogP contribution < -0.4 is 4.73 Å². The minimum Gasteiger partial charge on any atom is -0.710 e. The van der Waals surface area contributed by atoms with E-state index in [2.05, 4.69) is 0 Å². The molecule has 0 radical (unpaired) electrons. The summed E-state index contributed by atoms with van der Waals surface area (Å²) in [5.74, 6) is 0.572. The van der Waals surface area contributed by atoms with E-state index in [-0.39, 0.29) is 11.8 Å². The average molecular weight is 198 g/mol. The van der Waals surface area contributed by atoms with Gasteiger partial charge in [-0.05, 0) is 4.73 Å². The molecular weight excluding hydrogens is 180 g/mol. The lowest BCUT2D eigenvalue weighted by Crippen LogP contribution is -2.34. The first-order valence-corrected chi connectivity index (χ1v) is 4.91. The van der Waals surface area contributed by atoms with Gasteiger partial charge in [-0.3, -0.25) is 0 Å². The number of hydrogen-bond donors (Lipinski definition) is 1. The molecule has 1 rings (SSSR count). The quantitative estimate of drug-likeness (QED) is 0.448. The van der Waals surface area contributed by atoms with Crippen LogP contribution in [0, 0.1) is 12.1 Å². The van der Waals surface area contributed by atoms with E-state index in [1.165, 1.54) is 0 Å². The number of aromatic nitrogens is 2.